The fourth-order valence-corrected chi connectivity index (χ4v) is 5.19. The van der Waals surface area contributed by atoms with E-state index in [-0.39, 0.29) is 12.1 Å². The number of nitrogens with zero attached hydrogens (tertiary/aromatic N) is 2. The lowest BCUT2D eigenvalue weighted by atomic mass is 9.78. The van der Waals surface area contributed by atoms with Crippen LogP contribution < -0.4 is 9.47 Å². The standard InChI is InChI=1S/C32H40N2O4/c1-5-32(6-2,31(35)36-7-3)18-11-21-37-26-16-15-25-22-27(30-33-19-20-34(30)4)28(38-29(25)23-26)17-14-24-12-9-8-10-13-24/h8-10,12-13,15-16,19-20,22-23,28H,5-7,11,14,17-18,21H2,1-4H3. The van der Waals surface area contributed by atoms with Crippen LogP contribution in [0.5, 0.6) is 11.5 Å². The lowest BCUT2D eigenvalue weighted by molar-refractivity contribution is -0.156. The summed E-state index contributed by atoms with van der Waals surface area (Å²) in [7, 11) is 2.01. The molecule has 0 amide bonds. The van der Waals surface area contributed by atoms with Gasteiger partial charge in [-0.15, -0.1) is 0 Å². The van der Waals surface area contributed by atoms with Gasteiger partial charge in [0.05, 0.1) is 18.6 Å². The molecule has 0 fully saturated rings. The topological polar surface area (TPSA) is 62.6 Å². The molecule has 38 heavy (non-hydrogen) atoms. The van der Waals surface area contributed by atoms with Crippen LogP contribution in [0.3, 0.4) is 0 Å². The molecule has 3 aromatic rings. The fraction of sp³-hybridized carbons (Fsp3) is 0.438. The number of benzene rings is 2. The number of fused-ring (bicyclic) bond motifs is 1. The lowest BCUT2D eigenvalue weighted by Gasteiger charge is -2.29. The normalized spacial score (nSPS) is 14.8. The SMILES string of the molecule is CCOC(=O)C(CC)(CC)CCCOc1ccc2c(c1)OC(CCc1ccccc1)C(c1nccn1C)=C2. The number of ether oxygens (including phenoxy) is 3. The molecule has 0 saturated heterocycles. The number of imidazole rings is 1. The molecule has 0 spiro atoms. The molecule has 1 atom stereocenters. The fourth-order valence-electron chi connectivity index (χ4n) is 5.19. The van der Waals surface area contributed by atoms with Gasteiger partial charge in [-0.1, -0.05) is 44.2 Å². The van der Waals surface area contributed by atoms with Crippen LogP contribution in [0, 0.1) is 5.41 Å². The highest BCUT2D eigenvalue weighted by molar-refractivity contribution is 5.85. The van der Waals surface area contributed by atoms with E-state index in [0.717, 1.165) is 67.0 Å². The Bertz CT molecular complexity index is 1230. The third-order valence-electron chi connectivity index (χ3n) is 7.66. The number of hydrogen-bond acceptors (Lipinski definition) is 5. The molecule has 0 bridgehead atoms. The van der Waals surface area contributed by atoms with Crippen LogP contribution in [-0.4, -0.2) is 34.8 Å². The van der Waals surface area contributed by atoms with Gasteiger partial charge in [-0.3, -0.25) is 4.79 Å². The van der Waals surface area contributed by atoms with E-state index in [2.05, 4.69) is 49.2 Å². The van der Waals surface area contributed by atoms with E-state index in [1.54, 1.807) is 0 Å². The van der Waals surface area contributed by atoms with Crippen molar-refractivity contribution in [2.45, 2.75) is 65.4 Å². The molecule has 2 aromatic carbocycles. The van der Waals surface area contributed by atoms with Gasteiger partial charge in [0.2, 0.25) is 0 Å². The van der Waals surface area contributed by atoms with E-state index in [1.165, 1.54) is 5.56 Å². The zero-order chi connectivity index (χ0) is 27.0. The van der Waals surface area contributed by atoms with Gasteiger partial charge in [0, 0.05) is 36.6 Å². The highest BCUT2D eigenvalue weighted by atomic mass is 16.5. The summed E-state index contributed by atoms with van der Waals surface area (Å²) in [6.45, 7) is 6.92. The molecule has 6 nitrogen and oxygen atoms in total. The number of esters is 1. The van der Waals surface area contributed by atoms with Gasteiger partial charge in [-0.05, 0) is 69.2 Å². The summed E-state index contributed by atoms with van der Waals surface area (Å²) < 4.78 is 20.1. The lowest BCUT2D eigenvalue weighted by Crippen LogP contribution is -2.32. The molecule has 6 heteroatoms. The zero-order valence-electron chi connectivity index (χ0n) is 23.1. The van der Waals surface area contributed by atoms with E-state index in [4.69, 9.17) is 14.2 Å². The van der Waals surface area contributed by atoms with Crippen molar-refractivity contribution in [2.75, 3.05) is 13.2 Å². The first kappa shape index (κ1) is 27.5. The van der Waals surface area contributed by atoms with Gasteiger partial charge in [0.1, 0.15) is 23.4 Å². The number of rotatable bonds is 13. The number of carbonyl (C=O) groups is 1. The highest BCUT2D eigenvalue weighted by Gasteiger charge is 2.35. The van der Waals surface area contributed by atoms with Crippen molar-refractivity contribution in [2.24, 2.45) is 12.5 Å². The van der Waals surface area contributed by atoms with E-state index in [9.17, 15) is 4.79 Å². The summed E-state index contributed by atoms with van der Waals surface area (Å²) in [5.41, 5.74) is 2.96. The smallest absolute Gasteiger partial charge is 0.312 e. The van der Waals surface area contributed by atoms with Crippen molar-refractivity contribution in [1.29, 1.82) is 0 Å². The molecular formula is C32H40N2O4. The average Bonchev–Trinajstić information content (AvgIpc) is 3.37. The van der Waals surface area contributed by atoms with Crippen molar-refractivity contribution >= 4 is 17.6 Å². The maximum Gasteiger partial charge on any atom is 0.312 e. The Labute approximate surface area is 226 Å². The summed E-state index contributed by atoms with van der Waals surface area (Å²) in [5.74, 6) is 2.42. The molecule has 0 aliphatic carbocycles. The summed E-state index contributed by atoms with van der Waals surface area (Å²) in [6, 6.07) is 16.5. The Morgan fingerprint density at radius 2 is 1.89 bits per heavy atom. The molecular weight excluding hydrogens is 476 g/mol. The second-order valence-corrected chi connectivity index (χ2v) is 9.95. The van der Waals surface area contributed by atoms with Gasteiger partial charge in [-0.2, -0.15) is 0 Å². The molecule has 202 valence electrons. The van der Waals surface area contributed by atoms with Crippen LogP contribution in [0.2, 0.25) is 0 Å². The van der Waals surface area contributed by atoms with E-state index in [1.807, 2.05) is 55.2 Å². The Balaban J connectivity index is 1.45. The van der Waals surface area contributed by atoms with Crippen molar-refractivity contribution in [3.05, 3.63) is 77.9 Å². The number of carbonyl (C=O) groups excluding carboxylic acids is 1. The van der Waals surface area contributed by atoms with Gasteiger partial charge in [0.15, 0.2) is 0 Å². The van der Waals surface area contributed by atoms with E-state index in [0.29, 0.717) is 13.2 Å². The number of aryl methyl sites for hydroxylation is 2. The largest absolute Gasteiger partial charge is 0.493 e. The first-order valence-corrected chi connectivity index (χ1v) is 13.8. The van der Waals surface area contributed by atoms with E-state index < -0.39 is 5.41 Å². The first-order valence-electron chi connectivity index (χ1n) is 13.8. The van der Waals surface area contributed by atoms with Crippen LogP contribution in [0.15, 0.2) is 60.9 Å². The van der Waals surface area contributed by atoms with Crippen molar-refractivity contribution < 1.29 is 19.0 Å². The number of hydrogen-bond donors (Lipinski definition) is 0. The van der Waals surface area contributed by atoms with Gasteiger partial charge in [0.25, 0.3) is 0 Å². The molecule has 1 aliphatic rings. The molecule has 0 radical (unpaired) electrons. The summed E-state index contributed by atoms with van der Waals surface area (Å²) in [4.78, 5) is 17.2. The monoisotopic (exact) mass is 516 g/mol. The van der Waals surface area contributed by atoms with Crippen molar-refractivity contribution in [3.63, 3.8) is 0 Å². The predicted molar refractivity (Wildman–Crippen MR) is 151 cm³/mol. The number of aromatic nitrogens is 2. The third-order valence-corrected chi connectivity index (χ3v) is 7.66. The highest BCUT2D eigenvalue weighted by Crippen LogP contribution is 2.38. The maximum absolute atomic E-state index is 12.6. The summed E-state index contributed by atoms with van der Waals surface area (Å²) >= 11 is 0. The minimum Gasteiger partial charge on any atom is -0.493 e. The van der Waals surface area contributed by atoms with Crippen LogP contribution in [0.25, 0.3) is 11.6 Å². The molecule has 0 saturated carbocycles. The Morgan fingerprint density at radius 1 is 1.11 bits per heavy atom. The Hall–Kier alpha value is -3.54. The molecule has 1 aliphatic heterocycles. The molecule has 0 N–H and O–H groups in total. The molecule has 1 aromatic heterocycles. The molecule has 2 heterocycles. The van der Waals surface area contributed by atoms with Crippen LogP contribution >= 0.6 is 0 Å². The maximum atomic E-state index is 12.6. The van der Waals surface area contributed by atoms with Gasteiger partial charge >= 0.3 is 5.97 Å². The van der Waals surface area contributed by atoms with Crippen molar-refractivity contribution in [3.8, 4) is 11.5 Å². The van der Waals surface area contributed by atoms with Crippen LogP contribution in [0.1, 0.15) is 69.8 Å². The summed E-state index contributed by atoms with van der Waals surface area (Å²) in [5, 5.41) is 0. The Kier molecular flexibility index (Phi) is 9.27. The quantitative estimate of drug-likeness (QED) is 0.183. The molecule has 1 unspecified atom stereocenters. The zero-order valence-corrected chi connectivity index (χ0v) is 23.1. The van der Waals surface area contributed by atoms with Crippen LogP contribution in [-0.2, 0) is 23.0 Å². The second-order valence-electron chi connectivity index (χ2n) is 9.95. The van der Waals surface area contributed by atoms with Crippen molar-refractivity contribution in [1.82, 2.24) is 9.55 Å². The second kappa shape index (κ2) is 12.8. The minimum absolute atomic E-state index is 0.0935. The van der Waals surface area contributed by atoms with E-state index >= 15 is 0 Å². The molecule has 4 rings (SSSR count). The third kappa shape index (κ3) is 6.29. The van der Waals surface area contributed by atoms with Gasteiger partial charge in [-0.25, -0.2) is 4.98 Å². The van der Waals surface area contributed by atoms with Crippen LogP contribution in [0.4, 0.5) is 0 Å². The predicted octanol–water partition coefficient (Wildman–Crippen LogP) is 6.88. The summed E-state index contributed by atoms with van der Waals surface area (Å²) in [6.07, 6.45) is 10.7. The minimum atomic E-state index is -0.434. The van der Waals surface area contributed by atoms with Gasteiger partial charge < -0.3 is 18.8 Å². The first-order chi connectivity index (χ1) is 18.5. The Morgan fingerprint density at radius 3 is 2.58 bits per heavy atom. The average molecular weight is 517 g/mol.